The number of halogens is 1. The van der Waals surface area contributed by atoms with Crippen LogP contribution in [-0.2, 0) is 10.0 Å². The molecule has 0 aliphatic rings. The summed E-state index contributed by atoms with van der Waals surface area (Å²) in [7, 11) is -3.48. The van der Waals surface area contributed by atoms with Crippen molar-refractivity contribution in [3.05, 3.63) is 52.6 Å². The zero-order valence-electron chi connectivity index (χ0n) is 10.3. The molecule has 0 saturated heterocycles. The lowest BCUT2D eigenvalue weighted by Gasteiger charge is -2.20. The van der Waals surface area contributed by atoms with Gasteiger partial charge in [0.1, 0.15) is 0 Å². The topological polar surface area (TPSA) is 37.4 Å². The van der Waals surface area contributed by atoms with E-state index in [1.807, 2.05) is 29.5 Å². The SMILES string of the molecule is C=CCN(CC(=C)I)S(=O)(=O)c1ccc(C)cc1. The summed E-state index contributed by atoms with van der Waals surface area (Å²) in [6.07, 6.45) is 1.57. The average molecular weight is 377 g/mol. The first-order chi connectivity index (χ1) is 8.37. The molecule has 0 saturated carbocycles. The summed E-state index contributed by atoms with van der Waals surface area (Å²) >= 11 is 2.03. The Labute approximate surface area is 122 Å². The molecule has 0 aliphatic heterocycles. The number of aryl methyl sites for hydroxylation is 1. The highest BCUT2D eigenvalue weighted by atomic mass is 127. The Morgan fingerprint density at radius 2 is 1.94 bits per heavy atom. The summed E-state index contributed by atoms with van der Waals surface area (Å²) in [6.45, 7) is 9.83. The largest absolute Gasteiger partial charge is 0.243 e. The van der Waals surface area contributed by atoms with E-state index in [2.05, 4.69) is 13.2 Å². The molecule has 5 heteroatoms. The van der Waals surface area contributed by atoms with Crippen LogP contribution in [0.4, 0.5) is 0 Å². The Morgan fingerprint density at radius 3 is 2.39 bits per heavy atom. The summed E-state index contributed by atoms with van der Waals surface area (Å²) in [5.41, 5.74) is 1.03. The molecule has 0 heterocycles. The van der Waals surface area contributed by atoms with Gasteiger partial charge in [0.25, 0.3) is 0 Å². The van der Waals surface area contributed by atoms with Gasteiger partial charge in [-0.1, -0.05) is 30.4 Å². The maximum atomic E-state index is 12.4. The lowest BCUT2D eigenvalue weighted by Crippen LogP contribution is -2.32. The van der Waals surface area contributed by atoms with Crippen molar-refractivity contribution in [1.29, 1.82) is 0 Å². The van der Waals surface area contributed by atoms with Crippen LogP contribution < -0.4 is 0 Å². The summed E-state index contributed by atoms with van der Waals surface area (Å²) in [6, 6.07) is 6.82. The molecule has 0 fully saturated rings. The average Bonchev–Trinajstić information content (AvgIpc) is 2.28. The quantitative estimate of drug-likeness (QED) is 0.564. The number of hydrogen-bond donors (Lipinski definition) is 0. The Balaban J connectivity index is 3.11. The van der Waals surface area contributed by atoms with Crippen LogP contribution in [0.2, 0.25) is 0 Å². The minimum absolute atomic E-state index is 0.276. The maximum Gasteiger partial charge on any atom is 0.243 e. The van der Waals surface area contributed by atoms with E-state index in [4.69, 9.17) is 0 Å². The molecule has 0 unspecified atom stereocenters. The fraction of sp³-hybridized carbons (Fsp3) is 0.231. The van der Waals surface area contributed by atoms with Crippen molar-refractivity contribution in [2.45, 2.75) is 11.8 Å². The number of sulfonamides is 1. The van der Waals surface area contributed by atoms with Gasteiger partial charge in [0.2, 0.25) is 10.0 Å². The van der Waals surface area contributed by atoms with Gasteiger partial charge in [-0.05, 0) is 45.2 Å². The lowest BCUT2D eigenvalue weighted by atomic mass is 10.2. The highest BCUT2D eigenvalue weighted by molar-refractivity contribution is 14.1. The molecule has 0 spiro atoms. The van der Waals surface area contributed by atoms with Crippen LogP contribution in [0, 0.1) is 6.92 Å². The minimum Gasteiger partial charge on any atom is -0.207 e. The van der Waals surface area contributed by atoms with Gasteiger partial charge in [-0.15, -0.1) is 6.58 Å². The highest BCUT2D eigenvalue weighted by Gasteiger charge is 2.23. The van der Waals surface area contributed by atoms with Crippen molar-refractivity contribution >= 4 is 32.6 Å². The fourth-order valence-corrected chi connectivity index (χ4v) is 3.49. The van der Waals surface area contributed by atoms with Crippen LogP contribution in [0.5, 0.6) is 0 Å². The second-order valence-corrected chi connectivity index (χ2v) is 7.38. The van der Waals surface area contributed by atoms with E-state index in [0.29, 0.717) is 11.4 Å². The van der Waals surface area contributed by atoms with Gasteiger partial charge < -0.3 is 0 Å². The number of hydrogen-bond acceptors (Lipinski definition) is 2. The van der Waals surface area contributed by atoms with Crippen molar-refractivity contribution in [3.8, 4) is 0 Å². The second kappa shape index (κ2) is 6.49. The molecular formula is C13H16INO2S. The smallest absolute Gasteiger partial charge is 0.207 e. The molecule has 0 bridgehead atoms. The Kier molecular flexibility index (Phi) is 5.55. The molecule has 0 radical (unpaired) electrons. The van der Waals surface area contributed by atoms with E-state index in [-0.39, 0.29) is 6.54 Å². The molecule has 3 nitrogen and oxygen atoms in total. The summed E-state index contributed by atoms with van der Waals surface area (Å²) in [5.74, 6) is 0. The Bertz CT molecular complexity index is 535. The van der Waals surface area contributed by atoms with E-state index in [1.165, 1.54) is 4.31 Å². The van der Waals surface area contributed by atoms with Crippen LogP contribution in [-0.4, -0.2) is 25.8 Å². The van der Waals surface area contributed by atoms with Crippen molar-refractivity contribution in [2.24, 2.45) is 0 Å². The summed E-state index contributed by atoms with van der Waals surface area (Å²) in [5, 5.41) is 0. The van der Waals surface area contributed by atoms with Gasteiger partial charge in [0, 0.05) is 13.1 Å². The van der Waals surface area contributed by atoms with Crippen LogP contribution >= 0.6 is 22.6 Å². The van der Waals surface area contributed by atoms with Crippen molar-refractivity contribution in [3.63, 3.8) is 0 Å². The normalized spacial score (nSPS) is 11.5. The lowest BCUT2D eigenvalue weighted by molar-refractivity contribution is 0.473. The predicted molar refractivity (Wildman–Crippen MR) is 83.3 cm³/mol. The third-order valence-electron chi connectivity index (χ3n) is 2.34. The first-order valence-corrected chi connectivity index (χ1v) is 7.91. The molecule has 18 heavy (non-hydrogen) atoms. The van der Waals surface area contributed by atoms with Gasteiger partial charge in [0.15, 0.2) is 0 Å². The van der Waals surface area contributed by atoms with Crippen molar-refractivity contribution in [2.75, 3.05) is 13.1 Å². The van der Waals surface area contributed by atoms with E-state index in [1.54, 1.807) is 30.3 Å². The van der Waals surface area contributed by atoms with E-state index >= 15 is 0 Å². The van der Waals surface area contributed by atoms with Gasteiger partial charge in [-0.3, -0.25) is 0 Å². The molecule has 1 rings (SSSR count). The summed E-state index contributed by atoms with van der Waals surface area (Å²) < 4.78 is 26.9. The van der Waals surface area contributed by atoms with E-state index in [9.17, 15) is 8.42 Å². The molecule has 0 aliphatic carbocycles. The Morgan fingerprint density at radius 1 is 1.39 bits per heavy atom. The fourth-order valence-electron chi connectivity index (χ4n) is 1.44. The highest BCUT2D eigenvalue weighted by Crippen LogP contribution is 2.18. The van der Waals surface area contributed by atoms with Crippen LogP contribution in [0.15, 0.2) is 52.0 Å². The molecule has 0 N–H and O–H groups in total. The minimum atomic E-state index is -3.48. The Hall–Kier alpha value is -0.660. The monoisotopic (exact) mass is 377 g/mol. The van der Waals surface area contributed by atoms with Crippen molar-refractivity contribution < 1.29 is 8.42 Å². The van der Waals surface area contributed by atoms with E-state index in [0.717, 1.165) is 9.14 Å². The van der Waals surface area contributed by atoms with Crippen molar-refractivity contribution in [1.82, 2.24) is 4.31 Å². The molecule has 0 aromatic heterocycles. The number of nitrogens with zero attached hydrogens (tertiary/aromatic N) is 1. The van der Waals surface area contributed by atoms with Gasteiger partial charge in [0.05, 0.1) is 4.90 Å². The van der Waals surface area contributed by atoms with Gasteiger partial charge in [-0.25, -0.2) is 8.42 Å². The van der Waals surface area contributed by atoms with Crippen LogP contribution in [0.25, 0.3) is 0 Å². The summed E-state index contributed by atoms with van der Waals surface area (Å²) in [4.78, 5) is 0.299. The first-order valence-electron chi connectivity index (χ1n) is 5.39. The zero-order valence-corrected chi connectivity index (χ0v) is 13.2. The molecule has 98 valence electrons. The van der Waals surface area contributed by atoms with Crippen LogP contribution in [0.3, 0.4) is 0 Å². The maximum absolute atomic E-state index is 12.4. The molecule has 1 aromatic rings. The van der Waals surface area contributed by atoms with Crippen LogP contribution in [0.1, 0.15) is 5.56 Å². The van der Waals surface area contributed by atoms with E-state index < -0.39 is 10.0 Å². The first kappa shape index (κ1) is 15.4. The second-order valence-electron chi connectivity index (χ2n) is 3.92. The number of benzene rings is 1. The third kappa shape index (κ3) is 3.93. The van der Waals surface area contributed by atoms with Gasteiger partial charge in [-0.2, -0.15) is 4.31 Å². The predicted octanol–water partition coefficient (Wildman–Crippen LogP) is 3.12. The molecular weight excluding hydrogens is 361 g/mol. The standard InChI is InChI=1S/C13H16INO2S/c1-4-9-15(10-12(3)14)18(16,17)13-7-5-11(2)6-8-13/h4-8H,1,3,9-10H2,2H3. The molecule has 0 atom stereocenters. The molecule has 1 aromatic carbocycles. The zero-order chi connectivity index (χ0) is 13.8. The molecule has 0 amide bonds. The third-order valence-corrected chi connectivity index (χ3v) is 4.51. The van der Waals surface area contributed by atoms with Gasteiger partial charge >= 0.3 is 0 Å². The number of rotatable bonds is 6.